The first-order chi connectivity index (χ1) is 13.5. The Labute approximate surface area is 173 Å². The molecule has 0 bridgehead atoms. The summed E-state index contributed by atoms with van der Waals surface area (Å²) in [5.74, 6) is 1.61. The van der Waals surface area contributed by atoms with E-state index in [9.17, 15) is 4.79 Å². The van der Waals surface area contributed by atoms with Crippen molar-refractivity contribution >= 4 is 45.6 Å². The third-order valence-electron chi connectivity index (χ3n) is 4.07. The zero-order valence-corrected chi connectivity index (χ0v) is 17.1. The highest BCUT2D eigenvalue weighted by atomic mass is 35.5. The molecule has 2 aromatic heterocycles. The highest BCUT2D eigenvalue weighted by molar-refractivity contribution is 7.15. The molecule has 4 rings (SSSR count). The van der Waals surface area contributed by atoms with E-state index in [1.807, 2.05) is 6.07 Å². The Balaban J connectivity index is 1.77. The van der Waals surface area contributed by atoms with Crippen molar-refractivity contribution < 1.29 is 9.47 Å². The largest absolute Gasteiger partial charge is 0.493 e. The van der Waals surface area contributed by atoms with Gasteiger partial charge in [-0.05, 0) is 42.0 Å². The van der Waals surface area contributed by atoms with Gasteiger partial charge in [-0.25, -0.2) is 0 Å². The van der Waals surface area contributed by atoms with Crippen molar-refractivity contribution in [2.45, 2.75) is 0 Å². The Morgan fingerprint density at radius 1 is 1.04 bits per heavy atom. The van der Waals surface area contributed by atoms with Gasteiger partial charge < -0.3 is 9.47 Å². The molecular formula is C19H13Cl2N3O3S. The summed E-state index contributed by atoms with van der Waals surface area (Å²) >= 11 is 13.2. The van der Waals surface area contributed by atoms with E-state index in [2.05, 4.69) is 10.1 Å². The van der Waals surface area contributed by atoms with Crippen molar-refractivity contribution in [3.63, 3.8) is 0 Å². The first-order valence-corrected chi connectivity index (χ1v) is 9.66. The fourth-order valence-electron chi connectivity index (χ4n) is 2.68. The van der Waals surface area contributed by atoms with Crippen LogP contribution in [0, 0.1) is 0 Å². The molecule has 2 heterocycles. The maximum Gasteiger partial charge on any atom is 0.291 e. The van der Waals surface area contributed by atoms with Gasteiger partial charge in [0.2, 0.25) is 4.96 Å². The Bertz CT molecular complexity index is 1300. The number of thiazole rings is 1. The number of halogens is 2. The lowest BCUT2D eigenvalue weighted by Gasteiger charge is -2.07. The average Bonchev–Trinajstić information content (AvgIpc) is 3.24. The first kappa shape index (κ1) is 18.7. The summed E-state index contributed by atoms with van der Waals surface area (Å²) in [7, 11) is 3.12. The van der Waals surface area contributed by atoms with Gasteiger partial charge in [-0.1, -0.05) is 40.6 Å². The molecule has 9 heteroatoms. The number of benzene rings is 2. The molecule has 6 nitrogen and oxygen atoms in total. The van der Waals surface area contributed by atoms with Gasteiger partial charge in [0.25, 0.3) is 5.56 Å². The molecule has 0 radical (unpaired) electrons. The maximum absolute atomic E-state index is 12.7. The van der Waals surface area contributed by atoms with Gasteiger partial charge in [0.15, 0.2) is 17.3 Å². The molecule has 0 saturated carbocycles. The number of rotatable bonds is 4. The fraction of sp³-hybridized carbons (Fsp3) is 0.105. The van der Waals surface area contributed by atoms with Gasteiger partial charge in [0, 0.05) is 5.56 Å². The standard InChI is InChI=1S/C19H13Cl2N3O3S/c1-26-14-6-4-11(9-15(14)27-2)17-22-19-24(23-17)18(25)16(28-19)8-10-3-5-12(20)13(21)7-10/h3-9H,1-2H3/b16-8-. The molecule has 0 aliphatic rings. The van der Waals surface area contributed by atoms with Crippen LogP contribution in [-0.2, 0) is 0 Å². The van der Waals surface area contributed by atoms with E-state index >= 15 is 0 Å². The van der Waals surface area contributed by atoms with E-state index < -0.39 is 0 Å². The topological polar surface area (TPSA) is 65.7 Å². The molecule has 0 atom stereocenters. The second-order valence-electron chi connectivity index (χ2n) is 5.79. The molecule has 2 aromatic carbocycles. The Morgan fingerprint density at radius 2 is 1.82 bits per heavy atom. The second-order valence-corrected chi connectivity index (χ2v) is 7.61. The first-order valence-electron chi connectivity index (χ1n) is 8.09. The maximum atomic E-state index is 12.7. The average molecular weight is 434 g/mol. The van der Waals surface area contributed by atoms with Crippen LogP contribution in [0.15, 0.2) is 41.2 Å². The van der Waals surface area contributed by atoms with Crippen molar-refractivity contribution in [2.24, 2.45) is 0 Å². The fourth-order valence-corrected chi connectivity index (χ4v) is 3.90. The number of hydrogen-bond acceptors (Lipinski definition) is 6. The molecule has 0 fully saturated rings. The third-order valence-corrected chi connectivity index (χ3v) is 5.76. The third kappa shape index (κ3) is 3.32. The van der Waals surface area contributed by atoms with Crippen molar-refractivity contribution in [1.29, 1.82) is 0 Å². The van der Waals surface area contributed by atoms with Crippen LogP contribution in [-0.4, -0.2) is 28.8 Å². The Hall–Kier alpha value is -2.61. The van der Waals surface area contributed by atoms with Crippen LogP contribution in [0.4, 0.5) is 0 Å². The molecule has 142 valence electrons. The SMILES string of the molecule is COc1ccc(-c2nc3s/c(=C\c4ccc(Cl)c(Cl)c4)c(=O)n3n2)cc1OC. The van der Waals surface area contributed by atoms with Gasteiger partial charge in [-0.3, -0.25) is 4.79 Å². The zero-order chi connectivity index (χ0) is 19.8. The molecule has 0 spiro atoms. The summed E-state index contributed by atoms with van der Waals surface area (Å²) in [6, 6.07) is 10.5. The summed E-state index contributed by atoms with van der Waals surface area (Å²) in [5, 5.41) is 5.24. The summed E-state index contributed by atoms with van der Waals surface area (Å²) in [6.07, 6.45) is 1.74. The van der Waals surface area contributed by atoms with E-state index in [4.69, 9.17) is 32.7 Å². The second kappa shape index (κ2) is 7.43. The molecular weight excluding hydrogens is 421 g/mol. The molecule has 0 saturated heterocycles. The quantitative estimate of drug-likeness (QED) is 0.490. The van der Waals surface area contributed by atoms with Gasteiger partial charge in [-0.15, -0.1) is 5.10 Å². The summed E-state index contributed by atoms with van der Waals surface area (Å²) < 4.78 is 12.3. The number of hydrogen-bond donors (Lipinski definition) is 0. The van der Waals surface area contributed by atoms with Crippen molar-refractivity contribution in [1.82, 2.24) is 14.6 Å². The van der Waals surface area contributed by atoms with Gasteiger partial charge in [0.1, 0.15) is 0 Å². The summed E-state index contributed by atoms with van der Waals surface area (Å²) in [6.45, 7) is 0. The number of fused-ring (bicyclic) bond motifs is 1. The normalized spacial score (nSPS) is 11.9. The minimum absolute atomic E-state index is 0.245. The van der Waals surface area contributed by atoms with Crippen LogP contribution < -0.4 is 19.6 Å². The molecule has 0 aliphatic heterocycles. The van der Waals surface area contributed by atoms with Gasteiger partial charge in [0.05, 0.1) is 28.8 Å². The highest BCUT2D eigenvalue weighted by Gasteiger charge is 2.14. The highest BCUT2D eigenvalue weighted by Crippen LogP contribution is 2.31. The predicted molar refractivity (Wildman–Crippen MR) is 111 cm³/mol. The molecule has 0 aliphatic carbocycles. The van der Waals surface area contributed by atoms with Crippen LogP contribution in [0.25, 0.3) is 22.4 Å². The number of nitrogens with zero attached hydrogens (tertiary/aromatic N) is 3. The monoisotopic (exact) mass is 433 g/mol. The van der Waals surface area contributed by atoms with Crippen molar-refractivity contribution in [3.05, 3.63) is 66.9 Å². The Morgan fingerprint density at radius 3 is 2.50 bits per heavy atom. The predicted octanol–water partition coefficient (Wildman–Crippen LogP) is 3.69. The number of ether oxygens (including phenoxy) is 2. The van der Waals surface area contributed by atoms with E-state index in [0.29, 0.717) is 36.9 Å². The molecule has 4 aromatic rings. The van der Waals surface area contributed by atoms with E-state index in [1.54, 1.807) is 50.6 Å². The summed E-state index contributed by atoms with van der Waals surface area (Å²) in [5.41, 5.74) is 1.25. The summed E-state index contributed by atoms with van der Waals surface area (Å²) in [4.78, 5) is 17.7. The minimum atomic E-state index is -0.245. The molecule has 0 N–H and O–H groups in total. The number of methoxy groups -OCH3 is 2. The van der Waals surface area contributed by atoms with Gasteiger partial charge >= 0.3 is 0 Å². The molecule has 28 heavy (non-hydrogen) atoms. The number of aromatic nitrogens is 3. The van der Waals surface area contributed by atoms with Crippen LogP contribution >= 0.6 is 34.5 Å². The van der Waals surface area contributed by atoms with E-state index in [-0.39, 0.29) is 5.56 Å². The van der Waals surface area contributed by atoms with Crippen molar-refractivity contribution in [3.8, 4) is 22.9 Å². The van der Waals surface area contributed by atoms with Crippen molar-refractivity contribution in [2.75, 3.05) is 14.2 Å². The van der Waals surface area contributed by atoms with Crippen LogP contribution in [0.2, 0.25) is 10.0 Å². The minimum Gasteiger partial charge on any atom is -0.493 e. The smallest absolute Gasteiger partial charge is 0.291 e. The lowest BCUT2D eigenvalue weighted by Crippen LogP contribution is -2.23. The molecule has 0 unspecified atom stereocenters. The van der Waals surface area contributed by atoms with E-state index in [1.165, 1.54) is 15.9 Å². The van der Waals surface area contributed by atoms with Crippen LogP contribution in [0.3, 0.4) is 0 Å². The van der Waals surface area contributed by atoms with Gasteiger partial charge in [-0.2, -0.15) is 9.50 Å². The van der Waals surface area contributed by atoms with Crippen LogP contribution in [0.1, 0.15) is 5.56 Å². The Kier molecular flexibility index (Phi) is 4.97. The zero-order valence-electron chi connectivity index (χ0n) is 14.8. The molecule has 0 amide bonds. The lowest BCUT2D eigenvalue weighted by molar-refractivity contribution is 0.355. The lowest BCUT2D eigenvalue weighted by atomic mass is 10.2. The van der Waals surface area contributed by atoms with E-state index in [0.717, 1.165) is 11.1 Å². The van der Waals surface area contributed by atoms with Crippen LogP contribution in [0.5, 0.6) is 11.5 Å².